The van der Waals surface area contributed by atoms with Crippen LogP contribution >= 0.6 is 0 Å². The van der Waals surface area contributed by atoms with Crippen molar-refractivity contribution in [1.82, 2.24) is 10.1 Å². The fraction of sp³-hybridized carbons (Fsp3) is 0.429. The van der Waals surface area contributed by atoms with Crippen LogP contribution in [0.2, 0.25) is 0 Å². The Bertz CT molecular complexity index is 1520. The third kappa shape index (κ3) is 5.28. The van der Waals surface area contributed by atoms with Gasteiger partial charge in [-0.1, -0.05) is 25.9 Å². The number of benzene rings is 2. The summed E-state index contributed by atoms with van der Waals surface area (Å²) in [6.45, 7) is 6.59. The molecule has 1 fully saturated rings. The second-order valence-corrected chi connectivity index (χ2v) is 12.2. The average molecular weight is 526 g/mol. The molecule has 0 amide bonds. The Balaban J connectivity index is 1.74. The van der Waals surface area contributed by atoms with E-state index >= 15 is 0 Å². The van der Waals surface area contributed by atoms with Crippen molar-refractivity contribution in [1.29, 1.82) is 0 Å². The Hall–Kier alpha value is -3.20. The van der Waals surface area contributed by atoms with E-state index in [2.05, 4.69) is 24.0 Å². The molecule has 0 bridgehead atoms. The van der Waals surface area contributed by atoms with Crippen LogP contribution in [0.25, 0.3) is 33.7 Å². The summed E-state index contributed by atoms with van der Waals surface area (Å²) in [7, 11) is -3.52. The zero-order valence-electron chi connectivity index (χ0n) is 21.6. The number of aryl methyl sites for hydroxylation is 1. The maximum absolute atomic E-state index is 13.7. The van der Waals surface area contributed by atoms with E-state index in [0.717, 1.165) is 36.6 Å². The minimum atomic E-state index is -3.52. The topological polar surface area (TPSA) is 89.4 Å². The molecular formula is C28H32FN3O4S. The molecule has 2 aromatic heterocycles. The molecule has 196 valence electrons. The van der Waals surface area contributed by atoms with Crippen molar-refractivity contribution in [2.75, 3.05) is 17.1 Å². The Morgan fingerprint density at radius 1 is 1.16 bits per heavy atom. The summed E-state index contributed by atoms with van der Waals surface area (Å²) in [5.74, 6) is 1.71. The number of sulfonamides is 1. The van der Waals surface area contributed by atoms with Crippen LogP contribution in [0.1, 0.15) is 63.8 Å². The van der Waals surface area contributed by atoms with Crippen LogP contribution in [0.15, 0.2) is 45.3 Å². The van der Waals surface area contributed by atoms with Crippen LogP contribution in [-0.4, -0.2) is 31.4 Å². The molecule has 2 aromatic carbocycles. The molecular weight excluding hydrogens is 493 g/mol. The van der Waals surface area contributed by atoms with Gasteiger partial charge in [-0.25, -0.2) is 12.8 Å². The molecule has 9 heteroatoms. The van der Waals surface area contributed by atoms with Crippen molar-refractivity contribution >= 4 is 26.7 Å². The zero-order chi connectivity index (χ0) is 26.3. The minimum Gasteiger partial charge on any atom is -0.455 e. The van der Waals surface area contributed by atoms with Gasteiger partial charge in [0.05, 0.1) is 17.5 Å². The van der Waals surface area contributed by atoms with E-state index in [9.17, 15) is 12.8 Å². The molecule has 37 heavy (non-hydrogen) atoms. The summed E-state index contributed by atoms with van der Waals surface area (Å²) in [5.41, 5.74) is 3.49. The number of aromatic nitrogens is 2. The van der Waals surface area contributed by atoms with Crippen molar-refractivity contribution < 1.29 is 21.7 Å². The first-order chi connectivity index (χ1) is 17.7. The first-order valence-corrected chi connectivity index (χ1v) is 14.7. The largest absolute Gasteiger partial charge is 0.455 e. The molecule has 4 aromatic rings. The van der Waals surface area contributed by atoms with E-state index in [1.807, 2.05) is 19.1 Å². The molecule has 0 N–H and O–H groups in total. The summed E-state index contributed by atoms with van der Waals surface area (Å²) >= 11 is 0. The van der Waals surface area contributed by atoms with E-state index in [1.54, 1.807) is 12.1 Å². The normalized spacial score (nSPS) is 14.1. The van der Waals surface area contributed by atoms with Gasteiger partial charge >= 0.3 is 0 Å². The van der Waals surface area contributed by atoms with E-state index < -0.39 is 10.0 Å². The van der Waals surface area contributed by atoms with Crippen molar-refractivity contribution in [3.63, 3.8) is 0 Å². The highest BCUT2D eigenvalue weighted by Crippen LogP contribution is 2.49. The van der Waals surface area contributed by atoms with Gasteiger partial charge in [0, 0.05) is 30.0 Å². The summed E-state index contributed by atoms with van der Waals surface area (Å²) in [6, 6.07) is 9.91. The third-order valence-electron chi connectivity index (χ3n) is 6.70. The van der Waals surface area contributed by atoms with E-state index in [4.69, 9.17) is 8.94 Å². The van der Waals surface area contributed by atoms with E-state index in [1.165, 1.54) is 22.7 Å². The lowest BCUT2D eigenvalue weighted by Gasteiger charge is -2.26. The predicted molar refractivity (Wildman–Crippen MR) is 143 cm³/mol. The molecule has 1 aliphatic rings. The van der Waals surface area contributed by atoms with Gasteiger partial charge in [-0.3, -0.25) is 4.31 Å². The van der Waals surface area contributed by atoms with Gasteiger partial charge in [0.25, 0.3) is 0 Å². The van der Waals surface area contributed by atoms with Crippen LogP contribution in [0.5, 0.6) is 0 Å². The molecule has 2 heterocycles. The lowest BCUT2D eigenvalue weighted by Crippen LogP contribution is -2.32. The maximum Gasteiger partial charge on any atom is 0.232 e. The second kappa shape index (κ2) is 9.93. The minimum absolute atomic E-state index is 0.278. The van der Waals surface area contributed by atoms with Crippen molar-refractivity contribution in [3.8, 4) is 22.7 Å². The molecule has 0 unspecified atom stereocenters. The summed E-state index contributed by atoms with van der Waals surface area (Å²) < 4.78 is 52.9. The Morgan fingerprint density at radius 3 is 2.51 bits per heavy atom. The predicted octanol–water partition coefficient (Wildman–Crippen LogP) is 6.93. The van der Waals surface area contributed by atoms with Gasteiger partial charge in [0.2, 0.25) is 21.7 Å². The summed E-state index contributed by atoms with van der Waals surface area (Å²) in [5, 5.41) is 5.02. The average Bonchev–Trinajstić information content (AvgIpc) is 3.47. The lowest BCUT2D eigenvalue weighted by atomic mass is 10.00. The SMILES string of the molecule is CCCc1nc(-c2c(-c3ccc(F)cc3)oc3cc(N(CCC(C)C)S(C)(=O)=O)c(C4CC4)cc23)no1. The van der Waals surface area contributed by atoms with Crippen molar-refractivity contribution in [2.24, 2.45) is 5.92 Å². The maximum atomic E-state index is 13.7. The molecule has 0 spiro atoms. The van der Waals surface area contributed by atoms with Crippen LogP contribution in [-0.2, 0) is 16.4 Å². The fourth-order valence-corrected chi connectivity index (χ4v) is 5.58. The molecule has 0 saturated heterocycles. The number of fused-ring (bicyclic) bond motifs is 1. The molecule has 0 aliphatic heterocycles. The third-order valence-corrected chi connectivity index (χ3v) is 7.87. The van der Waals surface area contributed by atoms with Gasteiger partial charge in [0.15, 0.2) is 0 Å². The number of rotatable bonds is 10. The molecule has 5 rings (SSSR count). The van der Waals surface area contributed by atoms with E-state index in [0.29, 0.717) is 58.8 Å². The molecule has 0 radical (unpaired) electrons. The highest BCUT2D eigenvalue weighted by atomic mass is 32.2. The number of nitrogens with zero attached hydrogens (tertiary/aromatic N) is 3. The smallest absolute Gasteiger partial charge is 0.232 e. The summed E-state index contributed by atoms with van der Waals surface area (Å²) in [6.07, 6.45) is 5.52. The first kappa shape index (κ1) is 25.4. The monoisotopic (exact) mass is 525 g/mol. The number of hydrogen-bond donors (Lipinski definition) is 0. The number of furan rings is 1. The standard InChI is InChI=1S/C28H32FN3O4S/c1-5-6-25-30-28(31-36-25)26-22-15-21(18-7-8-18)23(32(37(4,33)34)14-13-17(2)3)16-24(22)35-27(26)19-9-11-20(29)12-10-19/h9-12,15-18H,5-8,13-14H2,1-4H3. The van der Waals surface area contributed by atoms with Crippen molar-refractivity contribution in [2.45, 2.75) is 58.8 Å². The zero-order valence-corrected chi connectivity index (χ0v) is 22.4. The second-order valence-electron chi connectivity index (χ2n) is 10.3. The number of halogens is 1. The van der Waals surface area contributed by atoms with Gasteiger partial charge in [-0.15, -0.1) is 0 Å². The quantitative estimate of drug-likeness (QED) is 0.223. The van der Waals surface area contributed by atoms with Gasteiger partial charge in [0.1, 0.15) is 17.2 Å². The van der Waals surface area contributed by atoms with Crippen LogP contribution in [0.3, 0.4) is 0 Å². The van der Waals surface area contributed by atoms with Crippen LogP contribution in [0.4, 0.5) is 10.1 Å². The highest BCUT2D eigenvalue weighted by molar-refractivity contribution is 7.92. The number of hydrogen-bond acceptors (Lipinski definition) is 6. The first-order valence-electron chi connectivity index (χ1n) is 12.8. The molecule has 7 nitrogen and oxygen atoms in total. The Morgan fingerprint density at radius 2 is 1.89 bits per heavy atom. The highest BCUT2D eigenvalue weighted by Gasteiger charge is 2.33. The summed E-state index contributed by atoms with van der Waals surface area (Å²) in [4.78, 5) is 4.61. The molecule has 1 saturated carbocycles. The van der Waals surface area contributed by atoms with Gasteiger partial charge < -0.3 is 8.94 Å². The molecule has 0 atom stereocenters. The molecule has 1 aliphatic carbocycles. The fourth-order valence-electron chi connectivity index (χ4n) is 4.62. The van der Waals surface area contributed by atoms with E-state index in [-0.39, 0.29) is 11.7 Å². The Labute approximate surface area is 216 Å². The van der Waals surface area contributed by atoms with Crippen LogP contribution < -0.4 is 4.31 Å². The van der Waals surface area contributed by atoms with Crippen molar-refractivity contribution in [3.05, 3.63) is 53.7 Å². The van der Waals surface area contributed by atoms with Gasteiger partial charge in [-0.2, -0.15) is 4.98 Å². The van der Waals surface area contributed by atoms with Crippen LogP contribution in [0, 0.1) is 11.7 Å². The Kier molecular flexibility index (Phi) is 6.83. The lowest BCUT2D eigenvalue weighted by molar-refractivity contribution is 0.378. The number of anilines is 1. The van der Waals surface area contributed by atoms with Gasteiger partial charge in [-0.05, 0) is 73.4 Å².